The Kier molecular flexibility index (Phi) is 4.51. The van der Waals surface area contributed by atoms with Crippen molar-refractivity contribution >= 4 is 27.8 Å². The number of nitrogens with zero attached hydrogens (tertiary/aromatic N) is 2. The van der Waals surface area contributed by atoms with Gasteiger partial charge in [0.05, 0.1) is 5.69 Å². The number of fused-ring (bicyclic) bond motifs is 2. The molecule has 30 heavy (non-hydrogen) atoms. The quantitative estimate of drug-likeness (QED) is 0.513. The molecular formula is C22H19F2N3O3. The average molecular weight is 411 g/mol. The van der Waals surface area contributed by atoms with Gasteiger partial charge in [0, 0.05) is 40.0 Å². The van der Waals surface area contributed by atoms with Crippen molar-refractivity contribution in [2.45, 2.75) is 24.8 Å². The fourth-order valence-corrected chi connectivity index (χ4v) is 4.49. The Balaban J connectivity index is 1.39. The van der Waals surface area contributed by atoms with Crippen molar-refractivity contribution in [3.63, 3.8) is 0 Å². The SMILES string of the molecule is O=C(O)[C@@H](c1c[nH]c2cc(F)ccc12)N1CCC(c2noc3cc(F)ccc23)CC1. The normalized spacial score (nSPS) is 17.0. The molecule has 2 aromatic carbocycles. The van der Waals surface area contributed by atoms with Crippen molar-refractivity contribution in [3.8, 4) is 0 Å². The number of aliphatic carboxylic acids is 1. The first kappa shape index (κ1) is 18.7. The fraction of sp³-hybridized carbons (Fsp3) is 0.273. The molecule has 1 atom stereocenters. The highest BCUT2D eigenvalue weighted by Crippen LogP contribution is 2.37. The number of aromatic amines is 1. The van der Waals surface area contributed by atoms with Crippen molar-refractivity contribution in [1.82, 2.24) is 15.0 Å². The Morgan fingerprint density at radius 1 is 1.13 bits per heavy atom. The second-order valence-electron chi connectivity index (χ2n) is 7.69. The van der Waals surface area contributed by atoms with Crippen LogP contribution in [0.5, 0.6) is 0 Å². The van der Waals surface area contributed by atoms with Gasteiger partial charge in [-0.15, -0.1) is 0 Å². The number of carboxylic acids is 1. The Morgan fingerprint density at radius 2 is 1.83 bits per heavy atom. The zero-order chi connectivity index (χ0) is 20.8. The molecule has 0 aliphatic carbocycles. The molecule has 0 saturated carbocycles. The van der Waals surface area contributed by atoms with Gasteiger partial charge >= 0.3 is 5.97 Å². The van der Waals surface area contributed by atoms with Crippen LogP contribution in [0.4, 0.5) is 8.78 Å². The van der Waals surface area contributed by atoms with E-state index in [1.165, 1.54) is 24.3 Å². The Labute approximate surface area is 170 Å². The van der Waals surface area contributed by atoms with Crippen LogP contribution in [0, 0.1) is 11.6 Å². The third-order valence-electron chi connectivity index (χ3n) is 5.95. The van der Waals surface area contributed by atoms with E-state index in [4.69, 9.17) is 4.52 Å². The number of hydrogen-bond acceptors (Lipinski definition) is 4. The molecule has 1 aliphatic heterocycles. The molecule has 1 saturated heterocycles. The molecular weight excluding hydrogens is 392 g/mol. The molecule has 2 N–H and O–H groups in total. The number of likely N-dealkylation sites (tertiary alicyclic amines) is 1. The van der Waals surface area contributed by atoms with Gasteiger partial charge in [-0.3, -0.25) is 9.69 Å². The molecule has 4 aromatic rings. The fourth-order valence-electron chi connectivity index (χ4n) is 4.49. The molecule has 6 nitrogen and oxygen atoms in total. The summed E-state index contributed by atoms with van der Waals surface area (Å²) in [5, 5.41) is 15.6. The minimum absolute atomic E-state index is 0.111. The van der Waals surface area contributed by atoms with E-state index < -0.39 is 12.0 Å². The highest BCUT2D eigenvalue weighted by atomic mass is 19.1. The van der Waals surface area contributed by atoms with Crippen LogP contribution < -0.4 is 0 Å². The summed E-state index contributed by atoms with van der Waals surface area (Å²) in [7, 11) is 0. The number of rotatable bonds is 4. The van der Waals surface area contributed by atoms with E-state index in [0.717, 1.165) is 11.1 Å². The van der Waals surface area contributed by atoms with Crippen LogP contribution in [0.15, 0.2) is 47.1 Å². The molecule has 0 spiro atoms. The standard InChI is InChI=1S/C22H19F2N3O3/c23-13-1-3-15-17(11-25-18(15)9-13)21(22(28)29)27-7-5-12(6-8-27)20-16-4-2-14(24)10-19(16)30-26-20/h1-4,9-12,21,25H,5-8H2,(H,28,29)/t21-/m1/s1. The van der Waals surface area contributed by atoms with Gasteiger partial charge < -0.3 is 14.6 Å². The monoisotopic (exact) mass is 411 g/mol. The van der Waals surface area contributed by atoms with E-state index in [9.17, 15) is 18.7 Å². The molecule has 3 heterocycles. The maximum Gasteiger partial charge on any atom is 0.325 e. The molecule has 0 radical (unpaired) electrons. The number of benzene rings is 2. The minimum atomic E-state index is -0.943. The highest BCUT2D eigenvalue weighted by molar-refractivity contribution is 5.89. The van der Waals surface area contributed by atoms with Gasteiger partial charge in [-0.1, -0.05) is 5.16 Å². The van der Waals surface area contributed by atoms with Gasteiger partial charge in [0.15, 0.2) is 5.58 Å². The summed E-state index contributed by atoms with van der Waals surface area (Å²) in [5.74, 6) is -1.58. The average Bonchev–Trinajstić information content (AvgIpc) is 3.32. The zero-order valence-corrected chi connectivity index (χ0v) is 15.9. The topological polar surface area (TPSA) is 82.4 Å². The van der Waals surface area contributed by atoms with Crippen molar-refractivity contribution in [1.29, 1.82) is 0 Å². The van der Waals surface area contributed by atoms with E-state index >= 15 is 0 Å². The lowest BCUT2D eigenvalue weighted by Gasteiger charge is -2.35. The summed E-state index contributed by atoms with van der Waals surface area (Å²) in [5.41, 5.74) is 2.41. The third kappa shape index (κ3) is 3.13. The van der Waals surface area contributed by atoms with E-state index in [2.05, 4.69) is 10.1 Å². The minimum Gasteiger partial charge on any atom is -0.480 e. The van der Waals surface area contributed by atoms with Crippen LogP contribution in [0.2, 0.25) is 0 Å². The second kappa shape index (κ2) is 7.21. The third-order valence-corrected chi connectivity index (χ3v) is 5.95. The molecule has 154 valence electrons. The summed E-state index contributed by atoms with van der Waals surface area (Å²) < 4.78 is 32.2. The lowest BCUT2D eigenvalue weighted by molar-refractivity contribution is -0.144. The second-order valence-corrected chi connectivity index (χ2v) is 7.69. The summed E-state index contributed by atoms with van der Waals surface area (Å²) >= 11 is 0. The van der Waals surface area contributed by atoms with E-state index in [0.29, 0.717) is 48.0 Å². The number of nitrogens with one attached hydrogen (secondary N) is 1. The summed E-state index contributed by atoms with van der Waals surface area (Å²) in [4.78, 5) is 17.0. The summed E-state index contributed by atoms with van der Waals surface area (Å²) in [6, 6.07) is 7.87. The van der Waals surface area contributed by atoms with Crippen LogP contribution in [-0.4, -0.2) is 39.2 Å². The van der Waals surface area contributed by atoms with Gasteiger partial charge in [-0.25, -0.2) is 8.78 Å². The highest BCUT2D eigenvalue weighted by Gasteiger charge is 2.34. The molecule has 1 fully saturated rings. The summed E-state index contributed by atoms with van der Waals surface area (Å²) in [6.45, 7) is 1.12. The molecule has 5 rings (SSSR count). The predicted molar refractivity (Wildman–Crippen MR) is 106 cm³/mol. The molecule has 2 aromatic heterocycles. The Hall–Kier alpha value is -3.26. The van der Waals surface area contributed by atoms with E-state index in [1.807, 2.05) is 4.90 Å². The zero-order valence-electron chi connectivity index (χ0n) is 15.9. The number of carbonyl (C=O) groups is 1. The van der Waals surface area contributed by atoms with Crippen LogP contribution in [-0.2, 0) is 4.79 Å². The number of halogens is 2. The van der Waals surface area contributed by atoms with Gasteiger partial charge in [0.25, 0.3) is 0 Å². The number of carboxylic acid groups (broad SMARTS) is 1. The largest absolute Gasteiger partial charge is 0.480 e. The first-order valence-corrected chi connectivity index (χ1v) is 9.79. The van der Waals surface area contributed by atoms with Crippen molar-refractivity contribution in [3.05, 3.63) is 65.5 Å². The number of hydrogen-bond donors (Lipinski definition) is 2. The van der Waals surface area contributed by atoms with Crippen LogP contribution in [0.25, 0.3) is 21.9 Å². The van der Waals surface area contributed by atoms with Crippen LogP contribution >= 0.6 is 0 Å². The van der Waals surface area contributed by atoms with Gasteiger partial charge in [0.1, 0.15) is 17.7 Å². The predicted octanol–water partition coefficient (Wildman–Crippen LogP) is 4.59. The number of H-pyrrole nitrogens is 1. The number of aromatic nitrogens is 2. The van der Waals surface area contributed by atoms with Gasteiger partial charge in [0.2, 0.25) is 0 Å². The van der Waals surface area contributed by atoms with Crippen molar-refractivity contribution in [2.75, 3.05) is 13.1 Å². The molecule has 0 amide bonds. The van der Waals surface area contributed by atoms with Crippen molar-refractivity contribution < 1.29 is 23.2 Å². The first-order chi connectivity index (χ1) is 14.5. The lowest BCUT2D eigenvalue weighted by atomic mass is 9.90. The summed E-state index contributed by atoms with van der Waals surface area (Å²) in [6.07, 6.45) is 3.06. The maximum atomic E-state index is 13.5. The molecule has 8 heteroatoms. The van der Waals surface area contributed by atoms with Crippen LogP contribution in [0.1, 0.15) is 36.1 Å². The van der Waals surface area contributed by atoms with E-state index in [1.54, 1.807) is 18.3 Å². The molecule has 0 unspecified atom stereocenters. The first-order valence-electron chi connectivity index (χ1n) is 9.79. The Bertz CT molecular complexity index is 1240. The Morgan fingerprint density at radius 3 is 2.57 bits per heavy atom. The number of piperidine rings is 1. The maximum absolute atomic E-state index is 13.5. The lowest BCUT2D eigenvalue weighted by Crippen LogP contribution is -2.39. The van der Waals surface area contributed by atoms with Gasteiger partial charge in [-0.2, -0.15) is 0 Å². The smallest absolute Gasteiger partial charge is 0.325 e. The molecule has 0 bridgehead atoms. The van der Waals surface area contributed by atoms with E-state index in [-0.39, 0.29) is 17.6 Å². The van der Waals surface area contributed by atoms with Crippen molar-refractivity contribution in [2.24, 2.45) is 0 Å². The molecule has 1 aliphatic rings. The van der Waals surface area contributed by atoms with Crippen LogP contribution in [0.3, 0.4) is 0 Å². The van der Waals surface area contributed by atoms with Gasteiger partial charge in [-0.05, 0) is 56.3 Å².